The number of aromatic nitrogens is 1. The quantitative estimate of drug-likeness (QED) is 0.834. The second-order valence-electron chi connectivity index (χ2n) is 7.25. The lowest BCUT2D eigenvalue weighted by Gasteiger charge is -2.25. The van der Waals surface area contributed by atoms with Crippen LogP contribution in [0.5, 0.6) is 5.75 Å². The van der Waals surface area contributed by atoms with E-state index in [9.17, 15) is 4.79 Å². The number of rotatable bonds is 2. The molecule has 26 heavy (non-hydrogen) atoms. The van der Waals surface area contributed by atoms with Gasteiger partial charge in [-0.3, -0.25) is 9.78 Å². The SMILES string of the molecule is Cc1cnccc1N1CCCN(C(=O)c2ccc3c(c2)CC(C)O3)CC1. The molecule has 1 fully saturated rings. The molecule has 1 unspecified atom stereocenters. The Morgan fingerprint density at radius 1 is 1.19 bits per heavy atom. The molecule has 5 nitrogen and oxygen atoms in total. The largest absolute Gasteiger partial charge is 0.490 e. The molecule has 0 saturated carbocycles. The summed E-state index contributed by atoms with van der Waals surface area (Å²) in [6.07, 6.45) is 5.79. The van der Waals surface area contributed by atoms with Gasteiger partial charge in [0.1, 0.15) is 11.9 Å². The monoisotopic (exact) mass is 351 g/mol. The summed E-state index contributed by atoms with van der Waals surface area (Å²) >= 11 is 0. The predicted molar refractivity (Wildman–Crippen MR) is 102 cm³/mol. The fourth-order valence-electron chi connectivity index (χ4n) is 3.92. The summed E-state index contributed by atoms with van der Waals surface area (Å²) in [5.41, 5.74) is 4.32. The summed E-state index contributed by atoms with van der Waals surface area (Å²) in [6, 6.07) is 7.91. The van der Waals surface area contributed by atoms with Crippen molar-refractivity contribution < 1.29 is 9.53 Å². The van der Waals surface area contributed by atoms with Crippen LogP contribution in [0.3, 0.4) is 0 Å². The minimum absolute atomic E-state index is 0.126. The second kappa shape index (κ2) is 6.98. The number of carbonyl (C=O) groups excluding carboxylic acids is 1. The summed E-state index contributed by atoms with van der Waals surface area (Å²) < 4.78 is 5.74. The van der Waals surface area contributed by atoms with Gasteiger partial charge in [-0.1, -0.05) is 0 Å². The van der Waals surface area contributed by atoms with E-state index in [2.05, 4.69) is 29.8 Å². The standard InChI is InChI=1S/C21H25N3O2/c1-15-14-22-7-6-19(15)23-8-3-9-24(11-10-23)21(25)17-4-5-20-18(13-17)12-16(2)26-20/h4-7,13-14,16H,3,8-12H2,1-2H3. The Hall–Kier alpha value is -2.56. The van der Waals surface area contributed by atoms with E-state index in [0.29, 0.717) is 0 Å². The normalized spacial score (nSPS) is 19.7. The van der Waals surface area contributed by atoms with Crippen molar-refractivity contribution >= 4 is 11.6 Å². The molecule has 1 amide bonds. The Kier molecular flexibility index (Phi) is 4.53. The summed E-state index contributed by atoms with van der Waals surface area (Å²) in [4.78, 5) is 21.5. The van der Waals surface area contributed by atoms with Gasteiger partial charge in [-0.25, -0.2) is 0 Å². The average Bonchev–Trinajstić information content (AvgIpc) is 2.85. The molecule has 0 aliphatic carbocycles. The Bertz CT molecular complexity index is 821. The van der Waals surface area contributed by atoms with E-state index >= 15 is 0 Å². The van der Waals surface area contributed by atoms with E-state index in [-0.39, 0.29) is 12.0 Å². The van der Waals surface area contributed by atoms with Crippen LogP contribution in [0.25, 0.3) is 0 Å². The molecule has 3 heterocycles. The molecule has 1 aromatic heterocycles. The average molecular weight is 351 g/mol. The number of ether oxygens (including phenoxy) is 1. The minimum Gasteiger partial charge on any atom is -0.490 e. The molecular formula is C21H25N3O2. The van der Waals surface area contributed by atoms with Crippen molar-refractivity contribution in [2.24, 2.45) is 0 Å². The van der Waals surface area contributed by atoms with Crippen molar-refractivity contribution in [3.05, 3.63) is 53.3 Å². The molecule has 136 valence electrons. The van der Waals surface area contributed by atoms with Crippen molar-refractivity contribution in [3.8, 4) is 5.75 Å². The molecule has 1 atom stereocenters. The number of fused-ring (bicyclic) bond motifs is 1. The highest BCUT2D eigenvalue weighted by molar-refractivity contribution is 5.94. The van der Waals surface area contributed by atoms with Crippen molar-refractivity contribution in [3.63, 3.8) is 0 Å². The Labute approximate surface area is 154 Å². The zero-order valence-corrected chi connectivity index (χ0v) is 15.4. The lowest BCUT2D eigenvalue weighted by molar-refractivity contribution is 0.0767. The number of pyridine rings is 1. The topological polar surface area (TPSA) is 45.7 Å². The van der Waals surface area contributed by atoms with Gasteiger partial charge in [0.15, 0.2) is 0 Å². The molecule has 0 bridgehead atoms. The highest BCUT2D eigenvalue weighted by atomic mass is 16.5. The molecule has 1 saturated heterocycles. The number of hydrogen-bond donors (Lipinski definition) is 0. The van der Waals surface area contributed by atoms with Crippen molar-refractivity contribution in [1.82, 2.24) is 9.88 Å². The summed E-state index contributed by atoms with van der Waals surface area (Å²) in [6.45, 7) is 7.50. The number of benzene rings is 1. The van der Waals surface area contributed by atoms with Gasteiger partial charge < -0.3 is 14.5 Å². The van der Waals surface area contributed by atoms with Crippen molar-refractivity contribution in [2.75, 3.05) is 31.1 Å². The van der Waals surface area contributed by atoms with Crippen LogP contribution in [-0.2, 0) is 6.42 Å². The predicted octanol–water partition coefficient (Wildman–Crippen LogP) is 3.07. The lowest BCUT2D eigenvalue weighted by atomic mass is 10.1. The first-order valence-corrected chi connectivity index (χ1v) is 9.36. The van der Waals surface area contributed by atoms with Gasteiger partial charge in [0, 0.05) is 56.2 Å². The molecule has 2 aliphatic rings. The van der Waals surface area contributed by atoms with Gasteiger partial charge in [-0.15, -0.1) is 0 Å². The molecule has 5 heteroatoms. The van der Waals surface area contributed by atoms with Crippen molar-refractivity contribution in [2.45, 2.75) is 32.8 Å². The van der Waals surface area contributed by atoms with Crippen LogP contribution < -0.4 is 9.64 Å². The molecule has 4 rings (SSSR count). The summed E-state index contributed by atoms with van der Waals surface area (Å²) in [7, 11) is 0. The molecule has 0 N–H and O–H groups in total. The number of amides is 1. The smallest absolute Gasteiger partial charge is 0.253 e. The van der Waals surface area contributed by atoms with E-state index in [1.165, 1.54) is 11.3 Å². The molecular weight excluding hydrogens is 326 g/mol. The Morgan fingerprint density at radius 2 is 2.08 bits per heavy atom. The first-order valence-electron chi connectivity index (χ1n) is 9.36. The highest BCUT2D eigenvalue weighted by Crippen LogP contribution is 2.30. The Morgan fingerprint density at radius 3 is 2.92 bits per heavy atom. The van der Waals surface area contributed by atoms with E-state index in [0.717, 1.165) is 55.9 Å². The summed E-state index contributed by atoms with van der Waals surface area (Å²) in [5, 5.41) is 0. The van der Waals surface area contributed by atoms with Crippen LogP contribution in [0.1, 0.15) is 34.8 Å². The van der Waals surface area contributed by atoms with E-state index in [1.807, 2.05) is 35.5 Å². The van der Waals surface area contributed by atoms with Gasteiger partial charge in [-0.05, 0) is 55.7 Å². The molecule has 0 spiro atoms. The fraction of sp³-hybridized carbons (Fsp3) is 0.429. The van der Waals surface area contributed by atoms with Crippen molar-refractivity contribution in [1.29, 1.82) is 0 Å². The van der Waals surface area contributed by atoms with Gasteiger partial charge in [0.2, 0.25) is 0 Å². The van der Waals surface area contributed by atoms with Crippen LogP contribution in [0.4, 0.5) is 5.69 Å². The first-order chi connectivity index (χ1) is 12.6. The molecule has 1 aromatic carbocycles. The number of carbonyl (C=O) groups is 1. The molecule has 2 aromatic rings. The Balaban J connectivity index is 1.47. The molecule has 2 aliphatic heterocycles. The van der Waals surface area contributed by atoms with Crippen LogP contribution >= 0.6 is 0 Å². The maximum Gasteiger partial charge on any atom is 0.253 e. The van der Waals surface area contributed by atoms with Gasteiger partial charge in [0.25, 0.3) is 5.91 Å². The van der Waals surface area contributed by atoms with Crippen LogP contribution in [-0.4, -0.2) is 48.1 Å². The van der Waals surface area contributed by atoms with Crippen LogP contribution in [0, 0.1) is 6.92 Å². The minimum atomic E-state index is 0.126. The van der Waals surface area contributed by atoms with Crippen LogP contribution in [0.15, 0.2) is 36.7 Å². The third-order valence-electron chi connectivity index (χ3n) is 5.26. The molecule has 0 radical (unpaired) electrons. The van der Waals surface area contributed by atoms with E-state index in [4.69, 9.17) is 4.74 Å². The zero-order valence-electron chi connectivity index (χ0n) is 15.4. The lowest BCUT2D eigenvalue weighted by Crippen LogP contribution is -2.35. The zero-order chi connectivity index (χ0) is 18.1. The van der Waals surface area contributed by atoms with E-state index < -0.39 is 0 Å². The first kappa shape index (κ1) is 16.9. The number of nitrogens with zero attached hydrogens (tertiary/aromatic N) is 3. The summed E-state index contributed by atoms with van der Waals surface area (Å²) in [5.74, 6) is 1.05. The fourth-order valence-corrected chi connectivity index (χ4v) is 3.92. The van der Waals surface area contributed by atoms with Gasteiger partial charge in [0.05, 0.1) is 0 Å². The van der Waals surface area contributed by atoms with Gasteiger partial charge >= 0.3 is 0 Å². The van der Waals surface area contributed by atoms with Crippen LogP contribution in [0.2, 0.25) is 0 Å². The number of anilines is 1. The maximum absolute atomic E-state index is 13.0. The third kappa shape index (κ3) is 3.26. The highest BCUT2D eigenvalue weighted by Gasteiger charge is 2.24. The number of hydrogen-bond acceptors (Lipinski definition) is 4. The van der Waals surface area contributed by atoms with E-state index in [1.54, 1.807) is 0 Å². The number of aryl methyl sites for hydroxylation is 1. The third-order valence-corrected chi connectivity index (χ3v) is 5.26. The maximum atomic E-state index is 13.0. The van der Waals surface area contributed by atoms with Gasteiger partial charge in [-0.2, -0.15) is 0 Å². The second-order valence-corrected chi connectivity index (χ2v) is 7.25.